The Morgan fingerprint density at radius 3 is 2.71 bits per heavy atom. The first-order valence-corrected chi connectivity index (χ1v) is 11.0. The molecule has 0 aliphatic carbocycles. The zero-order valence-electron chi connectivity index (χ0n) is 16.5. The molecule has 0 unspecified atom stereocenters. The first-order valence-electron chi connectivity index (χ1n) is 9.54. The summed E-state index contributed by atoms with van der Waals surface area (Å²) < 4.78 is 6.62. The van der Waals surface area contributed by atoms with Crippen molar-refractivity contribution < 1.29 is 14.3 Å². The molecule has 1 heterocycles. The van der Waals surface area contributed by atoms with Gasteiger partial charge in [0.25, 0.3) is 5.91 Å². The molecule has 0 atom stereocenters. The molecule has 4 aromatic rings. The molecule has 0 fully saturated rings. The van der Waals surface area contributed by atoms with E-state index >= 15 is 0 Å². The fraction of sp³-hybridized carbons (Fsp3) is 0.0870. The molecule has 0 spiro atoms. The molecule has 0 radical (unpaired) electrons. The Hall–Kier alpha value is -2.98. The van der Waals surface area contributed by atoms with Crippen LogP contribution in [0.5, 0.6) is 5.75 Å². The van der Waals surface area contributed by atoms with Gasteiger partial charge in [-0.1, -0.05) is 25.1 Å². The van der Waals surface area contributed by atoms with E-state index in [0.29, 0.717) is 28.3 Å². The second-order valence-corrected chi connectivity index (χ2v) is 8.37. The highest BCUT2D eigenvalue weighted by Crippen LogP contribution is 2.33. The minimum atomic E-state index is -0.304. The fourth-order valence-corrected chi connectivity index (χ4v) is 3.92. The molecule has 156 valence electrons. The second kappa shape index (κ2) is 9.03. The number of fused-ring (bicyclic) bond motifs is 1. The molecule has 0 bridgehead atoms. The van der Waals surface area contributed by atoms with Gasteiger partial charge in [-0.15, -0.1) is 0 Å². The summed E-state index contributed by atoms with van der Waals surface area (Å²) >= 11 is 7.33. The number of phenolic OH excluding ortho intramolecular Hbond substituents is 1. The highest BCUT2D eigenvalue weighted by molar-refractivity contribution is 14.1. The lowest BCUT2D eigenvalue weighted by atomic mass is 10.1. The Morgan fingerprint density at radius 2 is 1.97 bits per heavy atom. The third-order valence-electron chi connectivity index (χ3n) is 4.69. The number of anilines is 1. The van der Waals surface area contributed by atoms with Crippen LogP contribution in [0.15, 0.2) is 65.1 Å². The van der Waals surface area contributed by atoms with Crippen molar-refractivity contribution in [1.82, 2.24) is 10.3 Å². The van der Waals surface area contributed by atoms with Gasteiger partial charge >= 0.3 is 0 Å². The monoisotopic (exact) mass is 543 g/mol. The summed E-state index contributed by atoms with van der Waals surface area (Å²) in [6.07, 6.45) is 0.906. The van der Waals surface area contributed by atoms with Gasteiger partial charge in [0.1, 0.15) is 11.3 Å². The topological polar surface area (TPSA) is 87.4 Å². The van der Waals surface area contributed by atoms with Crippen LogP contribution in [0.4, 0.5) is 5.69 Å². The van der Waals surface area contributed by atoms with Crippen LogP contribution in [0.25, 0.3) is 22.6 Å². The number of aromatic nitrogens is 1. The number of phenols is 1. The number of carbonyl (C=O) groups excluding carboxylic acids is 1. The maximum Gasteiger partial charge on any atom is 0.258 e. The van der Waals surface area contributed by atoms with E-state index in [1.165, 1.54) is 6.07 Å². The van der Waals surface area contributed by atoms with E-state index in [1.54, 1.807) is 24.3 Å². The van der Waals surface area contributed by atoms with Gasteiger partial charge in [0.2, 0.25) is 5.89 Å². The zero-order chi connectivity index (χ0) is 22.0. The fourth-order valence-electron chi connectivity index (χ4n) is 3.08. The van der Waals surface area contributed by atoms with Crippen molar-refractivity contribution in [2.75, 3.05) is 5.32 Å². The van der Waals surface area contributed by atoms with E-state index in [-0.39, 0.29) is 16.8 Å². The number of nitrogens with zero attached hydrogens (tertiary/aromatic N) is 1. The van der Waals surface area contributed by atoms with Crippen molar-refractivity contribution in [3.8, 4) is 17.2 Å². The number of hydrogen-bond acceptors (Lipinski definition) is 5. The first-order chi connectivity index (χ1) is 14.9. The van der Waals surface area contributed by atoms with Crippen LogP contribution < -0.4 is 10.6 Å². The maximum absolute atomic E-state index is 12.4. The number of aromatic hydroxyl groups is 1. The van der Waals surface area contributed by atoms with Gasteiger partial charge in [0.05, 0.1) is 11.1 Å². The van der Waals surface area contributed by atoms with Gasteiger partial charge in [-0.25, -0.2) is 4.98 Å². The predicted octanol–water partition coefficient (Wildman–Crippen LogP) is 5.49. The minimum absolute atomic E-state index is 0.0148. The molecular weight excluding hydrogens is 525 g/mol. The molecule has 0 aliphatic rings. The van der Waals surface area contributed by atoms with Crippen molar-refractivity contribution in [2.45, 2.75) is 13.3 Å². The van der Waals surface area contributed by atoms with Crippen molar-refractivity contribution in [3.63, 3.8) is 0 Å². The first kappa shape index (κ1) is 21.3. The number of amides is 1. The summed E-state index contributed by atoms with van der Waals surface area (Å²) in [4.78, 5) is 16.9. The van der Waals surface area contributed by atoms with Crippen LogP contribution >= 0.6 is 34.8 Å². The van der Waals surface area contributed by atoms with Crippen molar-refractivity contribution in [3.05, 3.63) is 75.4 Å². The van der Waals surface area contributed by atoms with Gasteiger partial charge in [0, 0.05) is 15.3 Å². The van der Waals surface area contributed by atoms with Crippen LogP contribution in [-0.4, -0.2) is 21.1 Å². The third kappa shape index (κ3) is 4.70. The average Bonchev–Trinajstić information content (AvgIpc) is 3.16. The number of halogens is 1. The van der Waals surface area contributed by atoms with Crippen LogP contribution in [-0.2, 0) is 6.42 Å². The molecule has 0 saturated heterocycles. The zero-order valence-corrected chi connectivity index (χ0v) is 19.5. The molecule has 31 heavy (non-hydrogen) atoms. The predicted molar refractivity (Wildman–Crippen MR) is 133 cm³/mol. The molecule has 0 aliphatic heterocycles. The van der Waals surface area contributed by atoms with Crippen LogP contribution in [0, 0.1) is 3.57 Å². The molecule has 3 aromatic carbocycles. The molecule has 3 N–H and O–H groups in total. The molecule has 1 amide bonds. The largest absolute Gasteiger partial charge is 0.507 e. The van der Waals surface area contributed by atoms with Gasteiger partial charge in [-0.3, -0.25) is 10.1 Å². The number of aryl methyl sites for hydroxylation is 1. The Kier molecular flexibility index (Phi) is 6.19. The van der Waals surface area contributed by atoms with Gasteiger partial charge in [-0.05, 0) is 83.2 Å². The number of hydrogen-bond donors (Lipinski definition) is 3. The van der Waals surface area contributed by atoms with Crippen LogP contribution in [0.2, 0.25) is 0 Å². The van der Waals surface area contributed by atoms with E-state index < -0.39 is 0 Å². The summed E-state index contributed by atoms with van der Waals surface area (Å²) in [7, 11) is 0. The Balaban J connectivity index is 1.49. The SMILES string of the molecule is CCc1ccc2oc(-c3ccc(NC(=S)NC(=O)c4ccccc4I)cc3O)nc2c1. The van der Waals surface area contributed by atoms with Gasteiger partial charge in [0.15, 0.2) is 10.7 Å². The highest BCUT2D eigenvalue weighted by atomic mass is 127. The van der Waals surface area contributed by atoms with E-state index in [1.807, 2.05) is 30.3 Å². The number of oxazole rings is 1. The molecule has 8 heteroatoms. The summed E-state index contributed by atoms with van der Waals surface area (Å²) in [5, 5.41) is 16.2. The van der Waals surface area contributed by atoms with E-state index in [0.717, 1.165) is 21.1 Å². The molecule has 1 aromatic heterocycles. The molecule has 0 saturated carbocycles. The summed E-state index contributed by atoms with van der Waals surface area (Å²) in [5.74, 6) is 0.0158. The number of carbonyl (C=O) groups is 1. The lowest BCUT2D eigenvalue weighted by Crippen LogP contribution is -2.34. The lowest BCUT2D eigenvalue weighted by molar-refractivity contribution is 0.0977. The van der Waals surface area contributed by atoms with Gasteiger partial charge < -0.3 is 14.8 Å². The molecule has 4 rings (SSSR count). The van der Waals surface area contributed by atoms with E-state index in [2.05, 4.69) is 45.1 Å². The standard InChI is InChI=1S/C23H18IN3O3S/c1-2-13-7-10-20-18(11-13)26-22(30-20)16-9-8-14(12-19(16)28)25-23(31)27-21(29)15-5-3-4-6-17(15)24/h3-12,28H,2H2,1H3,(H2,25,27,29,31). The summed E-state index contributed by atoms with van der Waals surface area (Å²) in [6.45, 7) is 2.08. The highest BCUT2D eigenvalue weighted by Gasteiger charge is 2.15. The van der Waals surface area contributed by atoms with Crippen LogP contribution in [0.3, 0.4) is 0 Å². The lowest BCUT2D eigenvalue weighted by Gasteiger charge is -2.11. The summed E-state index contributed by atoms with van der Waals surface area (Å²) in [5.41, 5.74) is 4.10. The van der Waals surface area contributed by atoms with Crippen LogP contribution in [0.1, 0.15) is 22.8 Å². The minimum Gasteiger partial charge on any atom is -0.507 e. The number of nitrogens with one attached hydrogen (secondary N) is 2. The third-order valence-corrected chi connectivity index (χ3v) is 5.84. The quantitative estimate of drug-likeness (QED) is 0.233. The van der Waals surface area contributed by atoms with Gasteiger partial charge in [-0.2, -0.15) is 0 Å². The summed E-state index contributed by atoms with van der Waals surface area (Å²) in [6, 6.07) is 18.0. The molecular formula is C23H18IN3O3S. The van der Waals surface area contributed by atoms with E-state index in [9.17, 15) is 9.90 Å². The molecule has 6 nitrogen and oxygen atoms in total. The normalized spacial score (nSPS) is 10.8. The Labute approximate surface area is 197 Å². The van der Waals surface area contributed by atoms with Crippen molar-refractivity contribution in [2.24, 2.45) is 0 Å². The Morgan fingerprint density at radius 1 is 1.16 bits per heavy atom. The maximum atomic E-state index is 12.4. The number of thiocarbonyl (C=S) groups is 1. The van der Waals surface area contributed by atoms with Crippen molar-refractivity contribution >= 4 is 62.6 Å². The second-order valence-electron chi connectivity index (χ2n) is 6.79. The smallest absolute Gasteiger partial charge is 0.258 e. The number of benzene rings is 3. The van der Waals surface area contributed by atoms with Crippen molar-refractivity contribution in [1.29, 1.82) is 0 Å². The van der Waals surface area contributed by atoms with E-state index in [4.69, 9.17) is 16.6 Å². The number of rotatable bonds is 4. The average molecular weight is 543 g/mol. The Bertz CT molecular complexity index is 1300.